The van der Waals surface area contributed by atoms with Crippen molar-refractivity contribution in [2.45, 2.75) is 6.10 Å². The summed E-state index contributed by atoms with van der Waals surface area (Å²) in [6.07, 6.45) is 0.884. The number of anilines is 1. The molecule has 1 atom stereocenters. The fourth-order valence-corrected chi connectivity index (χ4v) is 2.49. The zero-order valence-electron chi connectivity index (χ0n) is 10.6. The molecule has 0 spiro atoms. The first-order valence-corrected chi connectivity index (χ1v) is 6.61. The number of hydrogen-bond donors (Lipinski definition) is 2. The van der Waals surface area contributed by atoms with Gasteiger partial charge in [0.05, 0.1) is 5.52 Å². The van der Waals surface area contributed by atoms with Crippen LogP contribution in [0.1, 0.15) is 17.2 Å². The highest BCUT2D eigenvalue weighted by Gasteiger charge is 2.16. The molecule has 0 bridgehead atoms. The highest BCUT2D eigenvalue weighted by molar-refractivity contribution is 6.30. The molecule has 0 aliphatic carbocycles. The summed E-state index contributed by atoms with van der Waals surface area (Å²) in [6.45, 7) is 0. The van der Waals surface area contributed by atoms with E-state index in [0.717, 1.165) is 16.5 Å². The van der Waals surface area contributed by atoms with Crippen molar-refractivity contribution in [2.75, 3.05) is 5.73 Å². The zero-order chi connectivity index (χ0) is 14.1. The Labute approximate surface area is 121 Å². The van der Waals surface area contributed by atoms with Crippen molar-refractivity contribution >= 4 is 28.2 Å². The highest BCUT2D eigenvalue weighted by atomic mass is 35.5. The summed E-state index contributed by atoms with van der Waals surface area (Å²) in [4.78, 5) is 4.35. The number of aliphatic hydroxyl groups is 1. The molecular weight excluding hydrogens is 272 g/mol. The second-order valence-corrected chi connectivity index (χ2v) is 5.03. The standard InChI is InChI=1S/C16H13ClN2O/c17-11-6-7-12(14(18)9-11)16(20)13-5-1-3-10-4-2-8-19-15(10)13/h1-9,16,20H,18H2. The van der Waals surface area contributed by atoms with Crippen LogP contribution in [0, 0.1) is 0 Å². The van der Waals surface area contributed by atoms with Gasteiger partial charge in [-0.3, -0.25) is 4.98 Å². The second kappa shape index (κ2) is 5.12. The maximum atomic E-state index is 10.6. The molecule has 4 heteroatoms. The number of aromatic nitrogens is 1. The fourth-order valence-electron chi connectivity index (χ4n) is 2.31. The third kappa shape index (κ3) is 2.22. The number of pyridine rings is 1. The molecule has 20 heavy (non-hydrogen) atoms. The average Bonchev–Trinajstić information content (AvgIpc) is 2.46. The number of benzene rings is 2. The van der Waals surface area contributed by atoms with Crippen molar-refractivity contribution in [3.05, 3.63) is 70.9 Å². The van der Waals surface area contributed by atoms with Gasteiger partial charge in [0.2, 0.25) is 0 Å². The topological polar surface area (TPSA) is 59.1 Å². The Morgan fingerprint density at radius 1 is 1.05 bits per heavy atom. The van der Waals surface area contributed by atoms with Gasteiger partial charge in [-0.25, -0.2) is 0 Å². The van der Waals surface area contributed by atoms with E-state index in [1.165, 1.54) is 0 Å². The van der Waals surface area contributed by atoms with Crippen molar-refractivity contribution in [1.29, 1.82) is 0 Å². The van der Waals surface area contributed by atoms with E-state index in [2.05, 4.69) is 4.98 Å². The number of halogens is 1. The van der Waals surface area contributed by atoms with E-state index in [1.807, 2.05) is 30.3 Å². The lowest BCUT2D eigenvalue weighted by molar-refractivity contribution is 0.222. The smallest absolute Gasteiger partial charge is 0.108 e. The van der Waals surface area contributed by atoms with Crippen molar-refractivity contribution in [3.8, 4) is 0 Å². The van der Waals surface area contributed by atoms with Gasteiger partial charge in [-0.05, 0) is 18.2 Å². The van der Waals surface area contributed by atoms with E-state index in [0.29, 0.717) is 16.3 Å². The molecule has 1 unspecified atom stereocenters. The summed E-state index contributed by atoms with van der Waals surface area (Å²) >= 11 is 5.89. The van der Waals surface area contributed by atoms with E-state index in [-0.39, 0.29) is 0 Å². The van der Waals surface area contributed by atoms with Crippen LogP contribution in [-0.2, 0) is 0 Å². The van der Waals surface area contributed by atoms with E-state index in [9.17, 15) is 5.11 Å². The van der Waals surface area contributed by atoms with Crippen molar-refractivity contribution in [3.63, 3.8) is 0 Å². The van der Waals surface area contributed by atoms with Crippen LogP contribution < -0.4 is 5.73 Å². The molecule has 3 rings (SSSR count). The van der Waals surface area contributed by atoms with E-state index < -0.39 is 6.10 Å². The first-order valence-electron chi connectivity index (χ1n) is 6.23. The first kappa shape index (κ1) is 12.9. The van der Waals surface area contributed by atoms with Crippen molar-refractivity contribution < 1.29 is 5.11 Å². The van der Waals surface area contributed by atoms with E-state index in [1.54, 1.807) is 24.4 Å². The predicted molar refractivity (Wildman–Crippen MR) is 81.7 cm³/mol. The number of hydrogen-bond acceptors (Lipinski definition) is 3. The monoisotopic (exact) mass is 284 g/mol. The molecule has 3 aromatic rings. The molecule has 3 N–H and O–H groups in total. The van der Waals surface area contributed by atoms with Crippen LogP contribution in [-0.4, -0.2) is 10.1 Å². The molecule has 1 heterocycles. The number of nitrogen functional groups attached to an aromatic ring is 1. The van der Waals surface area contributed by atoms with Crippen LogP contribution in [0.25, 0.3) is 10.9 Å². The lowest BCUT2D eigenvalue weighted by Gasteiger charge is -2.15. The third-order valence-electron chi connectivity index (χ3n) is 3.30. The molecule has 0 aliphatic heterocycles. The molecule has 0 radical (unpaired) electrons. The second-order valence-electron chi connectivity index (χ2n) is 4.60. The quantitative estimate of drug-likeness (QED) is 0.708. The minimum atomic E-state index is -0.828. The van der Waals surface area contributed by atoms with Crippen LogP contribution in [0.5, 0.6) is 0 Å². The minimum absolute atomic E-state index is 0.470. The van der Waals surface area contributed by atoms with Crippen LogP contribution in [0.15, 0.2) is 54.7 Å². The molecule has 100 valence electrons. The molecule has 0 fully saturated rings. The minimum Gasteiger partial charge on any atom is -0.398 e. The van der Waals surface area contributed by atoms with Crippen LogP contribution in [0.3, 0.4) is 0 Å². The lowest BCUT2D eigenvalue weighted by atomic mass is 9.97. The highest BCUT2D eigenvalue weighted by Crippen LogP contribution is 2.31. The summed E-state index contributed by atoms with van der Waals surface area (Å²) < 4.78 is 0. The van der Waals surface area contributed by atoms with Crippen LogP contribution in [0.4, 0.5) is 5.69 Å². The van der Waals surface area contributed by atoms with Gasteiger partial charge in [0.15, 0.2) is 0 Å². The summed E-state index contributed by atoms with van der Waals surface area (Å²) in [5, 5.41) is 12.1. The number of rotatable bonds is 2. The Bertz CT molecular complexity index is 768. The van der Waals surface area contributed by atoms with Gasteiger partial charge in [0.25, 0.3) is 0 Å². The van der Waals surface area contributed by atoms with Crippen molar-refractivity contribution in [2.24, 2.45) is 0 Å². The normalized spacial score (nSPS) is 12.5. The van der Waals surface area contributed by atoms with Gasteiger partial charge in [-0.1, -0.05) is 41.9 Å². The first-order chi connectivity index (χ1) is 9.66. The van der Waals surface area contributed by atoms with Gasteiger partial charge >= 0.3 is 0 Å². The Kier molecular flexibility index (Phi) is 3.30. The Balaban J connectivity index is 2.15. The molecule has 3 nitrogen and oxygen atoms in total. The number of nitrogens with zero attached hydrogens (tertiary/aromatic N) is 1. The third-order valence-corrected chi connectivity index (χ3v) is 3.54. The van der Waals surface area contributed by atoms with Crippen LogP contribution in [0.2, 0.25) is 5.02 Å². The number of para-hydroxylation sites is 1. The van der Waals surface area contributed by atoms with E-state index in [4.69, 9.17) is 17.3 Å². The Hall–Kier alpha value is -2.10. The fraction of sp³-hybridized carbons (Fsp3) is 0.0625. The predicted octanol–water partition coefficient (Wildman–Crippen LogP) is 3.55. The summed E-state index contributed by atoms with van der Waals surface area (Å²) in [5.41, 5.74) is 8.55. The Morgan fingerprint density at radius 2 is 1.85 bits per heavy atom. The maximum Gasteiger partial charge on any atom is 0.108 e. The average molecular weight is 285 g/mol. The molecule has 1 aromatic heterocycles. The largest absolute Gasteiger partial charge is 0.398 e. The molecule has 0 amide bonds. The summed E-state index contributed by atoms with van der Waals surface area (Å²) in [7, 11) is 0. The number of aliphatic hydroxyl groups excluding tert-OH is 1. The van der Waals surface area contributed by atoms with Gasteiger partial charge in [-0.2, -0.15) is 0 Å². The number of fused-ring (bicyclic) bond motifs is 1. The summed E-state index contributed by atoms with van der Waals surface area (Å²) in [5.74, 6) is 0. The SMILES string of the molecule is Nc1cc(Cl)ccc1C(O)c1cccc2cccnc12. The molecule has 0 aliphatic rings. The lowest BCUT2D eigenvalue weighted by Crippen LogP contribution is -2.05. The molecule has 0 saturated heterocycles. The Morgan fingerprint density at radius 3 is 2.65 bits per heavy atom. The molecular formula is C16H13ClN2O. The molecule has 2 aromatic carbocycles. The van der Waals surface area contributed by atoms with Gasteiger partial charge in [0.1, 0.15) is 6.10 Å². The van der Waals surface area contributed by atoms with E-state index >= 15 is 0 Å². The number of nitrogens with two attached hydrogens (primary N) is 1. The van der Waals surface area contributed by atoms with Crippen molar-refractivity contribution in [1.82, 2.24) is 4.98 Å². The van der Waals surface area contributed by atoms with Gasteiger partial charge < -0.3 is 10.8 Å². The van der Waals surface area contributed by atoms with Gasteiger partial charge in [0, 0.05) is 33.4 Å². The molecule has 0 saturated carbocycles. The zero-order valence-corrected chi connectivity index (χ0v) is 11.4. The van der Waals surface area contributed by atoms with Crippen LogP contribution >= 0.6 is 11.6 Å². The maximum absolute atomic E-state index is 10.6. The summed E-state index contributed by atoms with van der Waals surface area (Å²) in [6, 6.07) is 14.6. The van der Waals surface area contributed by atoms with Gasteiger partial charge in [-0.15, -0.1) is 0 Å².